The Morgan fingerprint density at radius 2 is 0.952 bits per heavy atom. The van der Waals surface area contributed by atoms with E-state index < -0.39 is 0 Å². The highest BCUT2D eigenvalue weighted by Crippen LogP contribution is 2.11. The third-order valence-corrected chi connectivity index (χ3v) is 26.7. The van der Waals surface area contributed by atoms with E-state index in [0.29, 0.717) is 18.1 Å². The second-order valence-electron chi connectivity index (χ2n) is 7.12. The average Bonchev–Trinajstić information content (AvgIpc) is 2.50. The minimum absolute atomic E-state index is 0.102. The SMILES string of the molecule is CCCCCC[SiH2][SiH](CCCCCC)[SiH2]CCCCCC. The van der Waals surface area contributed by atoms with Crippen LogP contribution in [0.1, 0.15) is 97.8 Å². The van der Waals surface area contributed by atoms with Crippen LogP contribution in [0.15, 0.2) is 0 Å². The van der Waals surface area contributed by atoms with E-state index >= 15 is 0 Å². The van der Waals surface area contributed by atoms with Crippen molar-refractivity contribution in [2.45, 2.75) is 116 Å². The first-order chi connectivity index (χ1) is 10.3. The summed E-state index contributed by atoms with van der Waals surface area (Å²) in [6.45, 7) is 7.03. The molecule has 0 unspecified atom stereocenters. The lowest BCUT2D eigenvalue weighted by atomic mass is 10.2. The van der Waals surface area contributed by atoms with Crippen molar-refractivity contribution >= 4 is 25.9 Å². The average molecular weight is 345 g/mol. The standard InChI is InChI=1S/C18H44Si3/c1-4-7-10-13-16-19-21(18-15-12-9-6-3)20-17-14-11-8-5-2/h21H,4-20H2,1-3H3. The lowest BCUT2D eigenvalue weighted by Crippen LogP contribution is -2.30. The maximum Gasteiger partial charge on any atom is 0.0128 e. The first-order valence-corrected chi connectivity index (χ1v) is 19.7. The zero-order valence-corrected chi connectivity index (χ0v) is 19.6. The Bertz CT molecular complexity index is 171. The molecule has 3 heteroatoms. The molecule has 0 aliphatic carbocycles. The van der Waals surface area contributed by atoms with Gasteiger partial charge in [-0.3, -0.25) is 0 Å². The molecule has 128 valence electrons. The van der Waals surface area contributed by atoms with Crippen molar-refractivity contribution in [2.24, 2.45) is 0 Å². The molecule has 0 aliphatic rings. The summed E-state index contributed by atoms with van der Waals surface area (Å²) >= 11 is 0. The Kier molecular flexibility index (Phi) is 19.3. The zero-order valence-electron chi connectivity index (χ0n) is 15.6. The van der Waals surface area contributed by atoms with Crippen LogP contribution in [0.25, 0.3) is 0 Å². The van der Waals surface area contributed by atoms with Crippen LogP contribution >= 0.6 is 0 Å². The van der Waals surface area contributed by atoms with Crippen LogP contribution in [0.3, 0.4) is 0 Å². The van der Waals surface area contributed by atoms with Gasteiger partial charge in [-0.25, -0.2) is 0 Å². The minimum Gasteiger partial charge on any atom is -0.0654 e. The third-order valence-electron chi connectivity index (χ3n) is 4.90. The zero-order chi connectivity index (χ0) is 15.6. The van der Waals surface area contributed by atoms with E-state index in [1.54, 1.807) is 56.7 Å². The fourth-order valence-corrected chi connectivity index (χ4v) is 24.9. The first-order valence-electron chi connectivity index (χ1n) is 10.3. The van der Waals surface area contributed by atoms with Gasteiger partial charge in [-0.1, -0.05) is 116 Å². The van der Waals surface area contributed by atoms with Crippen LogP contribution in [-0.2, 0) is 0 Å². The van der Waals surface area contributed by atoms with Gasteiger partial charge in [0.15, 0.2) is 0 Å². The topological polar surface area (TPSA) is 0 Å². The molecule has 0 amide bonds. The molecule has 0 aromatic carbocycles. The summed E-state index contributed by atoms with van der Waals surface area (Å²) in [6.07, 6.45) is 18.2. The summed E-state index contributed by atoms with van der Waals surface area (Å²) in [5.74, 6) is 0. The van der Waals surface area contributed by atoms with Crippen LogP contribution in [0.5, 0.6) is 0 Å². The Hall–Kier alpha value is 0.651. The Morgan fingerprint density at radius 3 is 1.38 bits per heavy atom. The molecule has 0 rings (SSSR count). The smallest absolute Gasteiger partial charge is 0.0128 e. The van der Waals surface area contributed by atoms with Gasteiger partial charge in [0.05, 0.1) is 0 Å². The molecule has 0 atom stereocenters. The minimum atomic E-state index is -0.102. The van der Waals surface area contributed by atoms with E-state index in [4.69, 9.17) is 0 Å². The highest BCUT2D eigenvalue weighted by molar-refractivity contribution is 7.39. The summed E-state index contributed by atoms with van der Waals surface area (Å²) in [5.41, 5.74) is 0. The van der Waals surface area contributed by atoms with E-state index in [1.165, 1.54) is 38.5 Å². The summed E-state index contributed by atoms with van der Waals surface area (Å²) < 4.78 is 0. The molecule has 0 fully saturated rings. The predicted molar refractivity (Wildman–Crippen MR) is 111 cm³/mol. The molecule has 0 heterocycles. The number of hydrogen-bond donors (Lipinski definition) is 0. The van der Waals surface area contributed by atoms with E-state index in [1.807, 2.05) is 0 Å². The van der Waals surface area contributed by atoms with Gasteiger partial charge in [-0.05, 0) is 0 Å². The highest BCUT2D eigenvalue weighted by atomic mass is 29.6. The molecule has 21 heavy (non-hydrogen) atoms. The predicted octanol–water partition coefficient (Wildman–Crippen LogP) is 5.12. The van der Waals surface area contributed by atoms with Gasteiger partial charge in [0.1, 0.15) is 0 Å². The fourth-order valence-electron chi connectivity index (χ4n) is 3.37. The normalized spacial score (nSPS) is 13.9. The number of hydrogen-bond acceptors (Lipinski definition) is 0. The molecule has 0 aliphatic heterocycles. The fraction of sp³-hybridized carbons (Fsp3) is 1.00. The molecule has 0 aromatic rings. The van der Waals surface area contributed by atoms with Gasteiger partial charge in [-0.2, -0.15) is 0 Å². The van der Waals surface area contributed by atoms with Crippen molar-refractivity contribution < 1.29 is 0 Å². The van der Waals surface area contributed by atoms with Gasteiger partial charge in [-0.15, -0.1) is 0 Å². The van der Waals surface area contributed by atoms with Crippen LogP contribution in [-0.4, -0.2) is 25.9 Å². The van der Waals surface area contributed by atoms with Gasteiger partial charge in [0.2, 0.25) is 0 Å². The summed E-state index contributed by atoms with van der Waals surface area (Å²) in [5, 5.41) is 0. The molecule has 0 saturated heterocycles. The monoisotopic (exact) mass is 344 g/mol. The van der Waals surface area contributed by atoms with Crippen molar-refractivity contribution in [1.82, 2.24) is 0 Å². The Balaban J connectivity index is 3.69. The molecule has 0 nitrogen and oxygen atoms in total. The Morgan fingerprint density at radius 1 is 0.524 bits per heavy atom. The van der Waals surface area contributed by atoms with Gasteiger partial charge in [0.25, 0.3) is 0 Å². The maximum atomic E-state index is 2.35. The number of rotatable bonds is 17. The molecule has 0 bridgehead atoms. The van der Waals surface area contributed by atoms with Crippen molar-refractivity contribution in [1.29, 1.82) is 0 Å². The first kappa shape index (κ1) is 21.7. The van der Waals surface area contributed by atoms with E-state index in [2.05, 4.69) is 20.8 Å². The van der Waals surface area contributed by atoms with Crippen molar-refractivity contribution in [3.63, 3.8) is 0 Å². The lowest BCUT2D eigenvalue weighted by Gasteiger charge is -2.14. The highest BCUT2D eigenvalue weighted by Gasteiger charge is 2.11. The molecular formula is C18H44Si3. The second kappa shape index (κ2) is 18.7. The lowest BCUT2D eigenvalue weighted by molar-refractivity contribution is 0.697. The third kappa shape index (κ3) is 16.8. The van der Waals surface area contributed by atoms with E-state index in [9.17, 15) is 0 Å². The van der Waals surface area contributed by atoms with Gasteiger partial charge >= 0.3 is 0 Å². The Labute approximate surface area is 142 Å². The van der Waals surface area contributed by atoms with Gasteiger partial charge < -0.3 is 0 Å². The summed E-state index contributed by atoms with van der Waals surface area (Å²) in [7, 11) is 0.747. The summed E-state index contributed by atoms with van der Waals surface area (Å²) in [4.78, 5) is 0. The maximum absolute atomic E-state index is 2.35. The van der Waals surface area contributed by atoms with Crippen molar-refractivity contribution in [2.75, 3.05) is 0 Å². The molecule has 0 N–H and O–H groups in total. The van der Waals surface area contributed by atoms with E-state index in [0.717, 1.165) is 0 Å². The number of unbranched alkanes of at least 4 members (excludes halogenated alkanes) is 9. The van der Waals surface area contributed by atoms with E-state index in [-0.39, 0.29) is 7.83 Å². The largest absolute Gasteiger partial charge is 0.0654 e. The molecule has 0 spiro atoms. The van der Waals surface area contributed by atoms with Gasteiger partial charge in [0, 0.05) is 25.9 Å². The van der Waals surface area contributed by atoms with Crippen molar-refractivity contribution in [3.8, 4) is 0 Å². The van der Waals surface area contributed by atoms with Crippen LogP contribution < -0.4 is 0 Å². The summed E-state index contributed by atoms with van der Waals surface area (Å²) in [6, 6.07) is 5.24. The second-order valence-corrected chi connectivity index (χ2v) is 25.9. The molecule has 0 aromatic heterocycles. The van der Waals surface area contributed by atoms with Crippen LogP contribution in [0, 0.1) is 0 Å². The van der Waals surface area contributed by atoms with Crippen LogP contribution in [0.2, 0.25) is 18.1 Å². The molecular weight excluding hydrogens is 300 g/mol. The quantitative estimate of drug-likeness (QED) is 0.254. The van der Waals surface area contributed by atoms with Crippen LogP contribution in [0.4, 0.5) is 0 Å². The molecule has 0 radical (unpaired) electrons. The van der Waals surface area contributed by atoms with Crippen molar-refractivity contribution in [3.05, 3.63) is 0 Å². The molecule has 0 saturated carbocycles.